The van der Waals surface area contributed by atoms with E-state index < -0.39 is 0 Å². The number of hydrogen-bond donors (Lipinski definition) is 1. The van der Waals surface area contributed by atoms with Crippen LogP contribution in [0.2, 0.25) is 0 Å². The van der Waals surface area contributed by atoms with Gasteiger partial charge in [-0.05, 0) is 59.0 Å². The third-order valence-electron chi connectivity index (χ3n) is 3.14. The number of dihydropyridines is 1. The van der Waals surface area contributed by atoms with Crippen molar-refractivity contribution in [2.24, 2.45) is 0 Å². The molecule has 20 heavy (non-hydrogen) atoms. The highest BCUT2D eigenvalue weighted by molar-refractivity contribution is 5.51. The van der Waals surface area contributed by atoms with Crippen LogP contribution >= 0.6 is 0 Å². The summed E-state index contributed by atoms with van der Waals surface area (Å²) in [5, 5.41) is 3.38. The zero-order chi connectivity index (χ0) is 15.1. The highest BCUT2D eigenvalue weighted by atomic mass is 16.5. The Kier molecular flexibility index (Phi) is 6.59. The number of rotatable bonds is 7. The summed E-state index contributed by atoms with van der Waals surface area (Å²) in [7, 11) is 4.20. The number of allylic oxidation sites excluding steroid dienone is 3. The fraction of sp³-hybridized carbons (Fsp3) is 0.529. The molecule has 3 nitrogen and oxygen atoms in total. The van der Waals surface area contributed by atoms with Crippen LogP contribution in [0.25, 0.3) is 0 Å². The first-order valence-corrected chi connectivity index (χ1v) is 7.27. The van der Waals surface area contributed by atoms with E-state index in [0.29, 0.717) is 0 Å². The predicted octanol–water partition coefficient (Wildman–Crippen LogP) is 3.24. The zero-order valence-electron chi connectivity index (χ0n) is 13.5. The van der Waals surface area contributed by atoms with Crippen molar-refractivity contribution in [1.29, 1.82) is 0 Å². The van der Waals surface area contributed by atoms with Gasteiger partial charge in [0.2, 0.25) is 0 Å². The quantitative estimate of drug-likeness (QED) is 0.723. The molecule has 0 aromatic carbocycles. The van der Waals surface area contributed by atoms with Crippen LogP contribution in [0.4, 0.5) is 0 Å². The van der Waals surface area contributed by atoms with Gasteiger partial charge >= 0.3 is 0 Å². The first kappa shape index (κ1) is 16.6. The van der Waals surface area contributed by atoms with Crippen LogP contribution < -0.4 is 5.32 Å². The summed E-state index contributed by atoms with van der Waals surface area (Å²) in [5.41, 5.74) is 3.56. The van der Waals surface area contributed by atoms with Crippen LogP contribution in [-0.4, -0.2) is 38.2 Å². The van der Waals surface area contributed by atoms with Crippen molar-refractivity contribution >= 4 is 0 Å². The highest BCUT2D eigenvalue weighted by Gasteiger charge is 2.19. The third kappa shape index (κ3) is 4.57. The number of hydrogen-bond acceptors (Lipinski definition) is 3. The van der Waals surface area contributed by atoms with Gasteiger partial charge in [-0.15, -0.1) is 0 Å². The highest BCUT2D eigenvalue weighted by Crippen LogP contribution is 2.29. The van der Waals surface area contributed by atoms with E-state index in [1.54, 1.807) is 0 Å². The van der Waals surface area contributed by atoms with Crippen LogP contribution in [0.1, 0.15) is 27.2 Å². The van der Waals surface area contributed by atoms with E-state index in [1.807, 2.05) is 19.1 Å². The van der Waals surface area contributed by atoms with Gasteiger partial charge in [0.05, 0.1) is 6.10 Å². The van der Waals surface area contributed by atoms with Crippen LogP contribution in [-0.2, 0) is 4.74 Å². The van der Waals surface area contributed by atoms with Crippen LogP contribution in [0.3, 0.4) is 0 Å². The monoisotopic (exact) mass is 276 g/mol. The molecule has 1 heterocycles. The van der Waals surface area contributed by atoms with Gasteiger partial charge in [-0.25, -0.2) is 0 Å². The van der Waals surface area contributed by atoms with Crippen molar-refractivity contribution < 1.29 is 4.74 Å². The maximum Gasteiger partial charge on any atom is 0.124 e. The predicted molar refractivity (Wildman–Crippen MR) is 86.5 cm³/mol. The van der Waals surface area contributed by atoms with Gasteiger partial charge in [-0.2, -0.15) is 0 Å². The molecule has 0 aromatic heterocycles. The van der Waals surface area contributed by atoms with E-state index in [2.05, 4.69) is 50.8 Å². The van der Waals surface area contributed by atoms with Crippen LogP contribution in [0.5, 0.6) is 0 Å². The molecule has 1 rings (SSSR count). The summed E-state index contributed by atoms with van der Waals surface area (Å²) >= 11 is 0. The Hall–Kier alpha value is -1.48. The molecule has 0 fully saturated rings. The molecule has 0 atom stereocenters. The van der Waals surface area contributed by atoms with E-state index in [9.17, 15) is 0 Å². The zero-order valence-corrected chi connectivity index (χ0v) is 13.5. The average molecular weight is 276 g/mol. The number of ether oxygens (including phenoxy) is 1. The summed E-state index contributed by atoms with van der Waals surface area (Å²) in [5.74, 6) is 0.937. The van der Waals surface area contributed by atoms with Crippen LogP contribution in [0.15, 0.2) is 47.4 Å². The molecule has 0 aliphatic carbocycles. The maximum absolute atomic E-state index is 5.97. The van der Waals surface area contributed by atoms with Crippen LogP contribution in [0, 0.1) is 0 Å². The largest absolute Gasteiger partial charge is 0.491 e. The Balaban J connectivity index is 3.06. The molecule has 3 heteroatoms. The van der Waals surface area contributed by atoms with Gasteiger partial charge in [0.25, 0.3) is 0 Å². The number of nitrogens with zero attached hydrogens (tertiary/aromatic N) is 1. The lowest BCUT2D eigenvalue weighted by molar-refractivity contribution is 0.153. The lowest BCUT2D eigenvalue weighted by Crippen LogP contribution is -2.23. The molecule has 112 valence electrons. The molecular weight excluding hydrogens is 248 g/mol. The standard InChI is InChI=1S/C17H28N2O/c1-7-15-17(16(8-2)20-13(3)4)14(9-11-18-15)10-12-19(5)6/h7-9,13,18H,1,10-12H2,2-6H3/b16-8+. The molecule has 1 N–H and O–H groups in total. The molecule has 0 radical (unpaired) electrons. The average Bonchev–Trinajstić information content (AvgIpc) is 2.41. The summed E-state index contributed by atoms with van der Waals surface area (Å²) in [6.45, 7) is 11.9. The minimum absolute atomic E-state index is 0.164. The molecule has 1 aliphatic heterocycles. The molecule has 0 saturated heterocycles. The Morgan fingerprint density at radius 3 is 2.70 bits per heavy atom. The molecule has 1 aliphatic rings. The Labute approximate surface area is 123 Å². The van der Waals surface area contributed by atoms with Gasteiger partial charge in [0.15, 0.2) is 0 Å². The van der Waals surface area contributed by atoms with Gasteiger partial charge in [-0.3, -0.25) is 0 Å². The molecular formula is C17H28N2O. The lowest BCUT2D eigenvalue weighted by Gasteiger charge is -2.26. The lowest BCUT2D eigenvalue weighted by atomic mass is 9.95. The van der Waals surface area contributed by atoms with Gasteiger partial charge in [-0.1, -0.05) is 12.7 Å². The van der Waals surface area contributed by atoms with Crippen molar-refractivity contribution in [3.8, 4) is 0 Å². The summed E-state index contributed by atoms with van der Waals surface area (Å²) < 4.78 is 5.97. The molecule has 0 amide bonds. The van der Waals surface area contributed by atoms with E-state index in [-0.39, 0.29) is 6.10 Å². The Morgan fingerprint density at radius 1 is 1.50 bits per heavy atom. The first-order valence-electron chi connectivity index (χ1n) is 7.27. The second-order valence-corrected chi connectivity index (χ2v) is 5.48. The van der Waals surface area contributed by atoms with Crippen molar-refractivity contribution in [2.75, 3.05) is 27.2 Å². The molecule has 0 bridgehead atoms. The summed E-state index contributed by atoms with van der Waals surface area (Å²) in [6, 6.07) is 0. The van der Waals surface area contributed by atoms with Crippen molar-refractivity contribution in [3.63, 3.8) is 0 Å². The van der Waals surface area contributed by atoms with E-state index in [4.69, 9.17) is 4.74 Å². The molecule has 0 spiro atoms. The van der Waals surface area contributed by atoms with Crippen molar-refractivity contribution in [3.05, 3.63) is 47.4 Å². The van der Waals surface area contributed by atoms with E-state index in [0.717, 1.165) is 36.5 Å². The topological polar surface area (TPSA) is 24.5 Å². The SMILES string of the molecule is C=CC1=C(/C(=C\C)OC(C)C)C(CCN(C)C)=CCN1. The molecule has 0 saturated carbocycles. The normalized spacial score (nSPS) is 16.4. The van der Waals surface area contributed by atoms with Gasteiger partial charge < -0.3 is 15.0 Å². The van der Waals surface area contributed by atoms with Crippen molar-refractivity contribution in [1.82, 2.24) is 10.2 Å². The minimum Gasteiger partial charge on any atom is -0.491 e. The fourth-order valence-corrected chi connectivity index (χ4v) is 2.21. The summed E-state index contributed by atoms with van der Waals surface area (Å²) in [6.07, 6.45) is 7.34. The van der Waals surface area contributed by atoms with E-state index in [1.165, 1.54) is 5.57 Å². The molecule has 0 unspecified atom stereocenters. The van der Waals surface area contributed by atoms with Gasteiger partial charge in [0, 0.05) is 24.4 Å². The smallest absolute Gasteiger partial charge is 0.124 e. The van der Waals surface area contributed by atoms with Gasteiger partial charge in [0.1, 0.15) is 5.76 Å². The Morgan fingerprint density at radius 2 is 2.20 bits per heavy atom. The van der Waals surface area contributed by atoms with E-state index >= 15 is 0 Å². The third-order valence-corrected chi connectivity index (χ3v) is 3.14. The second-order valence-electron chi connectivity index (χ2n) is 5.48. The van der Waals surface area contributed by atoms with Crippen molar-refractivity contribution in [2.45, 2.75) is 33.3 Å². The first-order chi connectivity index (χ1) is 9.49. The summed E-state index contributed by atoms with van der Waals surface area (Å²) in [4.78, 5) is 2.20. The number of nitrogens with one attached hydrogen (secondary N) is 1. The fourth-order valence-electron chi connectivity index (χ4n) is 2.21. The second kappa shape index (κ2) is 7.95. The maximum atomic E-state index is 5.97. The molecule has 0 aromatic rings. The Bertz CT molecular complexity index is 428. The minimum atomic E-state index is 0.164.